The van der Waals surface area contributed by atoms with E-state index in [1.807, 2.05) is 0 Å². The standard InChI is InChI=1S/C15H22N2O4/c1-11-4-3-7-15(18,9-11)10-16-13-8-12(21-2)5-6-14(13)17(19)20/h5-6,8,11,16,18H,3-4,7,9-10H2,1-2H3. The van der Waals surface area contributed by atoms with E-state index in [1.54, 1.807) is 12.1 Å². The zero-order valence-corrected chi connectivity index (χ0v) is 12.5. The van der Waals surface area contributed by atoms with Crippen LogP contribution in [0.1, 0.15) is 32.6 Å². The van der Waals surface area contributed by atoms with Gasteiger partial charge >= 0.3 is 0 Å². The zero-order valence-electron chi connectivity index (χ0n) is 12.5. The Kier molecular flexibility index (Phi) is 4.67. The summed E-state index contributed by atoms with van der Waals surface area (Å²) in [6, 6.07) is 4.56. The van der Waals surface area contributed by atoms with Crippen molar-refractivity contribution in [2.24, 2.45) is 5.92 Å². The summed E-state index contributed by atoms with van der Waals surface area (Å²) in [5.74, 6) is 1.03. The first-order valence-corrected chi connectivity index (χ1v) is 7.22. The van der Waals surface area contributed by atoms with Gasteiger partial charge < -0.3 is 15.2 Å². The molecule has 21 heavy (non-hydrogen) atoms. The van der Waals surface area contributed by atoms with E-state index in [1.165, 1.54) is 13.2 Å². The first-order valence-electron chi connectivity index (χ1n) is 7.22. The van der Waals surface area contributed by atoms with E-state index in [-0.39, 0.29) is 5.69 Å². The van der Waals surface area contributed by atoms with Crippen LogP contribution in [0.4, 0.5) is 11.4 Å². The van der Waals surface area contributed by atoms with Crippen molar-refractivity contribution in [3.8, 4) is 5.75 Å². The number of hydrogen-bond acceptors (Lipinski definition) is 5. The summed E-state index contributed by atoms with van der Waals surface area (Å²) in [5.41, 5.74) is -0.427. The van der Waals surface area contributed by atoms with Gasteiger partial charge in [0.25, 0.3) is 5.69 Å². The van der Waals surface area contributed by atoms with Gasteiger partial charge in [-0.2, -0.15) is 0 Å². The number of nitro benzene ring substituents is 1. The summed E-state index contributed by atoms with van der Waals surface area (Å²) in [7, 11) is 1.52. The van der Waals surface area contributed by atoms with Crippen LogP contribution < -0.4 is 10.1 Å². The van der Waals surface area contributed by atoms with Crippen LogP contribution in [0.15, 0.2) is 18.2 Å². The summed E-state index contributed by atoms with van der Waals surface area (Å²) in [6.45, 7) is 2.43. The topological polar surface area (TPSA) is 84.6 Å². The van der Waals surface area contributed by atoms with Crippen molar-refractivity contribution in [1.82, 2.24) is 0 Å². The van der Waals surface area contributed by atoms with Crippen molar-refractivity contribution in [3.63, 3.8) is 0 Å². The lowest BCUT2D eigenvalue weighted by molar-refractivity contribution is -0.384. The van der Waals surface area contributed by atoms with Crippen molar-refractivity contribution in [1.29, 1.82) is 0 Å². The molecule has 2 atom stereocenters. The van der Waals surface area contributed by atoms with E-state index in [0.29, 0.717) is 23.9 Å². The molecule has 2 unspecified atom stereocenters. The van der Waals surface area contributed by atoms with E-state index in [4.69, 9.17) is 4.74 Å². The minimum atomic E-state index is -0.797. The molecule has 2 rings (SSSR count). The molecule has 0 amide bonds. The maximum atomic E-state index is 11.1. The SMILES string of the molecule is COc1ccc([N+](=O)[O-])c(NCC2(O)CCCC(C)C2)c1. The van der Waals surface area contributed by atoms with Gasteiger partial charge in [-0.25, -0.2) is 0 Å². The van der Waals surface area contributed by atoms with Gasteiger partial charge in [-0.1, -0.05) is 19.8 Å². The van der Waals surface area contributed by atoms with Crippen LogP contribution in [0.5, 0.6) is 5.75 Å². The lowest BCUT2D eigenvalue weighted by Crippen LogP contribution is -2.41. The second kappa shape index (κ2) is 6.30. The third-order valence-electron chi connectivity index (χ3n) is 4.08. The fourth-order valence-electron chi connectivity index (χ4n) is 3.00. The number of nitrogens with one attached hydrogen (secondary N) is 1. The van der Waals surface area contributed by atoms with E-state index in [0.717, 1.165) is 25.7 Å². The molecule has 1 fully saturated rings. The molecule has 6 heteroatoms. The predicted molar refractivity (Wildman–Crippen MR) is 80.7 cm³/mol. The van der Waals surface area contributed by atoms with Crippen LogP contribution in [0.2, 0.25) is 0 Å². The fraction of sp³-hybridized carbons (Fsp3) is 0.600. The van der Waals surface area contributed by atoms with Crippen molar-refractivity contribution >= 4 is 11.4 Å². The highest BCUT2D eigenvalue weighted by Gasteiger charge is 2.32. The van der Waals surface area contributed by atoms with Crippen LogP contribution in [0.3, 0.4) is 0 Å². The molecule has 1 aliphatic carbocycles. The van der Waals surface area contributed by atoms with Crippen molar-refractivity contribution in [3.05, 3.63) is 28.3 Å². The number of nitrogens with zero attached hydrogens (tertiary/aromatic N) is 1. The lowest BCUT2D eigenvalue weighted by Gasteiger charge is -2.35. The van der Waals surface area contributed by atoms with E-state index < -0.39 is 10.5 Å². The molecule has 6 nitrogen and oxygen atoms in total. The molecule has 1 saturated carbocycles. The van der Waals surface area contributed by atoms with Gasteiger partial charge in [0.2, 0.25) is 0 Å². The average Bonchev–Trinajstić information content (AvgIpc) is 2.44. The van der Waals surface area contributed by atoms with E-state index in [9.17, 15) is 15.2 Å². The Morgan fingerprint density at radius 3 is 2.95 bits per heavy atom. The normalized spacial score (nSPS) is 25.4. The smallest absolute Gasteiger partial charge is 0.292 e. The number of ether oxygens (including phenoxy) is 1. The molecule has 0 aromatic heterocycles. The number of aliphatic hydroxyl groups is 1. The van der Waals surface area contributed by atoms with Gasteiger partial charge in [-0.05, 0) is 24.8 Å². The van der Waals surface area contributed by atoms with Crippen LogP contribution in [0.25, 0.3) is 0 Å². The molecule has 0 heterocycles. The first kappa shape index (κ1) is 15.6. The number of nitro groups is 1. The molecular formula is C15H22N2O4. The summed E-state index contributed by atoms with van der Waals surface area (Å²) in [5, 5.41) is 24.7. The van der Waals surface area contributed by atoms with Gasteiger partial charge in [0.1, 0.15) is 11.4 Å². The Morgan fingerprint density at radius 1 is 1.57 bits per heavy atom. The number of benzene rings is 1. The highest BCUT2D eigenvalue weighted by atomic mass is 16.6. The summed E-state index contributed by atoms with van der Waals surface area (Å²) < 4.78 is 5.10. The molecule has 0 saturated heterocycles. The second-order valence-electron chi connectivity index (χ2n) is 5.92. The molecule has 1 aliphatic rings. The van der Waals surface area contributed by atoms with Crippen LogP contribution in [-0.2, 0) is 0 Å². The summed E-state index contributed by atoms with van der Waals surface area (Å²) >= 11 is 0. The highest BCUT2D eigenvalue weighted by Crippen LogP contribution is 2.34. The Balaban J connectivity index is 2.13. The lowest BCUT2D eigenvalue weighted by atomic mass is 9.79. The van der Waals surface area contributed by atoms with Crippen LogP contribution in [-0.4, -0.2) is 29.3 Å². The van der Waals surface area contributed by atoms with Gasteiger partial charge in [-0.15, -0.1) is 0 Å². The number of methoxy groups -OCH3 is 1. The summed E-state index contributed by atoms with van der Waals surface area (Å²) in [4.78, 5) is 10.6. The minimum absolute atomic E-state index is 0.0109. The van der Waals surface area contributed by atoms with Crippen LogP contribution in [0, 0.1) is 16.0 Å². The third-order valence-corrected chi connectivity index (χ3v) is 4.08. The Bertz CT molecular complexity index is 520. The Hall–Kier alpha value is -1.82. The number of anilines is 1. The predicted octanol–water partition coefficient (Wildman–Crippen LogP) is 2.96. The molecule has 0 aliphatic heterocycles. The maximum absolute atomic E-state index is 11.1. The quantitative estimate of drug-likeness (QED) is 0.644. The van der Waals surface area contributed by atoms with Gasteiger partial charge in [0, 0.05) is 18.7 Å². The molecule has 116 valence electrons. The van der Waals surface area contributed by atoms with Crippen molar-refractivity contribution in [2.75, 3.05) is 19.0 Å². The number of hydrogen-bond donors (Lipinski definition) is 2. The third kappa shape index (κ3) is 3.85. The van der Waals surface area contributed by atoms with Crippen LogP contribution >= 0.6 is 0 Å². The van der Waals surface area contributed by atoms with Gasteiger partial charge in [-0.3, -0.25) is 10.1 Å². The Morgan fingerprint density at radius 2 is 2.33 bits per heavy atom. The molecule has 0 radical (unpaired) electrons. The number of rotatable bonds is 5. The average molecular weight is 294 g/mol. The molecule has 0 spiro atoms. The van der Waals surface area contributed by atoms with Gasteiger partial charge in [0.05, 0.1) is 17.6 Å². The Labute approximate surface area is 124 Å². The maximum Gasteiger partial charge on any atom is 0.292 e. The van der Waals surface area contributed by atoms with E-state index in [2.05, 4.69) is 12.2 Å². The molecule has 0 bridgehead atoms. The second-order valence-corrected chi connectivity index (χ2v) is 5.92. The van der Waals surface area contributed by atoms with Gasteiger partial charge in [0.15, 0.2) is 0 Å². The largest absolute Gasteiger partial charge is 0.497 e. The van der Waals surface area contributed by atoms with Crippen molar-refractivity contribution < 1.29 is 14.8 Å². The monoisotopic (exact) mass is 294 g/mol. The molecule has 2 N–H and O–H groups in total. The fourth-order valence-corrected chi connectivity index (χ4v) is 3.00. The minimum Gasteiger partial charge on any atom is -0.497 e. The zero-order chi connectivity index (χ0) is 15.5. The first-order chi connectivity index (χ1) is 9.93. The van der Waals surface area contributed by atoms with E-state index >= 15 is 0 Å². The highest BCUT2D eigenvalue weighted by molar-refractivity contribution is 5.64. The molecule has 1 aromatic carbocycles. The summed E-state index contributed by atoms with van der Waals surface area (Å²) in [6.07, 6.45) is 3.56. The molecular weight excluding hydrogens is 272 g/mol. The molecule has 1 aromatic rings. The van der Waals surface area contributed by atoms with Crippen molar-refractivity contribution in [2.45, 2.75) is 38.2 Å².